The van der Waals surface area contributed by atoms with Crippen LogP contribution in [0.2, 0.25) is 0 Å². The summed E-state index contributed by atoms with van der Waals surface area (Å²) in [5.74, 6) is -1.23. The van der Waals surface area contributed by atoms with E-state index in [1.807, 2.05) is 20.8 Å². The standard InChI is InChI=1S/C16H17ClN4O5S/c1-16(2,3)12(20-17)14(23)26-10-7-5-4-6-9(10)13(22)19-15-18-8-11(27-15)21(24)25/h4-8,12,20H,1-3H3,(H,18,19,22)/t12-/m1/s1. The Bertz CT molecular complexity index is 864. The van der Waals surface area contributed by atoms with Crippen LogP contribution in [-0.2, 0) is 4.79 Å². The highest BCUT2D eigenvalue weighted by molar-refractivity contribution is 7.18. The molecule has 1 amide bonds. The highest BCUT2D eigenvalue weighted by Gasteiger charge is 2.33. The molecule has 9 nitrogen and oxygen atoms in total. The van der Waals surface area contributed by atoms with Gasteiger partial charge in [-0.2, -0.15) is 0 Å². The summed E-state index contributed by atoms with van der Waals surface area (Å²) in [5.41, 5.74) is -0.443. The number of hydrogen-bond acceptors (Lipinski definition) is 8. The van der Waals surface area contributed by atoms with Crippen molar-refractivity contribution in [2.75, 3.05) is 5.32 Å². The van der Waals surface area contributed by atoms with Gasteiger partial charge in [-0.3, -0.25) is 20.2 Å². The lowest BCUT2D eigenvalue weighted by molar-refractivity contribution is -0.380. The lowest BCUT2D eigenvalue weighted by Gasteiger charge is -2.27. The Hall–Kier alpha value is -2.56. The van der Waals surface area contributed by atoms with Crippen LogP contribution >= 0.6 is 23.1 Å². The molecule has 0 aliphatic carbocycles. The van der Waals surface area contributed by atoms with Crippen LogP contribution in [0, 0.1) is 15.5 Å². The zero-order valence-electron chi connectivity index (χ0n) is 14.7. The van der Waals surface area contributed by atoms with Gasteiger partial charge in [0.25, 0.3) is 5.91 Å². The van der Waals surface area contributed by atoms with E-state index in [4.69, 9.17) is 16.5 Å². The minimum atomic E-state index is -0.808. The van der Waals surface area contributed by atoms with Gasteiger partial charge in [-0.25, -0.2) is 14.6 Å². The molecule has 1 aromatic carbocycles. The second-order valence-corrected chi connectivity index (χ2v) is 7.77. The number of ether oxygens (including phenoxy) is 1. The smallest absolute Gasteiger partial charge is 0.345 e. The Morgan fingerprint density at radius 2 is 2.00 bits per heavy atom. The maximum Gasteiger partial charge on any atom is 0.345 e. The summed E-state index contributed by atoms with van der Waals surface area (Å²) in [5, 5.41) is 13.0. The van der Waals surface area contributed by atoms with E-state index in [0.29, 0.717) is 0 Å². The number of anilines is 1. The maximum absolute atomic E-state index is 12.5. The van der Waals surface area contributed by atoms with Gasteiger partial charge in [0.1, 0.15) is 18.0 Å². The molecule has 0 saturated carbocycles. The van der Waals surface area contributed by atoms with Crippen molar-refractivity contribution in [1.29, 1.82) is 0 Å². The van der Waals surface area contributed by atoms with E-state index in [1.54, 1.807) is 12.1 Å². The molecular weight excluding hydrogens is 396 g/mol. The van der Waals surface area contributed by atoms with Gasteiger partial charge in [-0.1, -0.05) is 32.9 Å². The van der Waals surface area contributed by atoms with Crippen LogP contribution in [-0.4, -0.2) is 27.8 Å². The number of carbonyl (C=O) groups is 2. The summed E-state index contributed by atoms with van der Waals surface area (Å²) in [6, 6.07) is 5.31. The zero-order chi connectivity index (χ0) is 20.2. The first-order valence-corrected chi connectivity index (χ1v) is 8.91. The molecule has 0 radical (unpaired) electrons. The largest absolute Gasteiger partial charge is 0.424 e. The van der Waals surface area contributed by atoms with E-state index in [0.717, 1.165) is 17.5 Å². The van der Waals surface area contributed by atoms with Crippen molar-refractivity contribution in [2.45, 2.75) is 26.8 Å². The average molecular weight is 413 g/mol. The van der Waals surface area contributed by atoms with E-state index in [-0.39, 0.29) is 21.4 Å². The van der Waals surface area contributed by atoms with Crippen molar-refractivity contribution >= 4 is 45.1 Å². The Morgan fingerprint density at radius 3 is 2.56 bits per heavy atom. The number of rotatable bonds is 6. The van der Waals surface area contributed by atoms with Crippen molar-refractivity contribution in [3.63, 3.8) is 0 Å². The first-order chi connectivity index (χ1) is 12.6. The summed E-state index contributed by atoms with van der Waals surface area (Å²) >= 11 is 6.38. The Kier molecular flexibility index (Phi) is 6.47. The van der Waals surface area contributed by atoms with Crippen LogP contribution < -0.4 is 14.9 Å². The second-order valence-electron chi connectivity index (χ2n) is 6.54. The number of thiazole rings is 1. The van der Waals surface area contributed by atoms with E-state index in [2.05, 4.69) is 15.1 Å². The molecule has 2 N–H and O–H groups in total. The van der Waals surface area contributed by atoms with Gasteiger partial charge in [-0.05, 0) is 40.7 Å². The Balaban J connectivity index is 2.20. The Morgan fingerprint density at radius 1 is 1.33 bits per heavy atom. The van der Waals surface area contributed by atoms with Crippen molar-refractivity contribution in [3.05, 3.63) is 46.1 Å². The van der Waals surface area contributed by atoms with Crippen LogP contribution in [0.1, 0.15) is 31.1 Å². The summed E-state index contributed by atoms with van der Waals surface area (Å²) in [7, 11) is 0. The van der Waals surface area contributed by atoms with Gasteiger partial charge in [0.15, 0.2) is 5.13 Å². The van der Waals surface area contributed by atoms with Crippen LogP contribution in [0.3, 0.4) is 0 Å². The number of halogens is 1. The van der Waals surface area contributed by atoms with Crippen molar-refractivity contribution < 1.29 is 19.2 Å². The molecule has 0 saturated heterocycles. The van der Waals surface area contributed by atoms with E-state index >= 15 is 0 Å². The molecule has 27 heavy (non-hydrogen) atoms. The van der Waals surface area contributed by atoms with Crippen LogP contribution in [0.4, 0.5) is 10.1 Å². The molecule has 0 bridgehead atoms. The second kappa shape index (κ2) is 8.42. The number of carbonyl (C=O) groups excluding carboxylic acids is 2. The SMILES string of the molecule is CC(C)(C)[C@H](NCl)C(=O)Oc1ccccc1C(=O)Nc1ncc([N+](=O)[O-])s1. The monoisotopic (exact) mass is 412 g/mol. The van der Waals surface area contributed by atoms with E-state index < -0.39 is 28.3 Å². The quantitative estimate of drug-likeness (QED) is 0.245. The zero-order valence-corrected chi connectivity index (χ0v) is 16.3. The molecule has 0 aliphatic heterocycles. The van der Waals surface area contributed by atoms with Crippen LogP contribution in [0.25, 0.3) is 0 Å². The lowest BCUT2D eigenvalue weighted by atomic mass is 9.87. The first-order valence-electron chi connectivity index (χ1n) is 7.72. The van der Waals surface area contributed by atoms with Crippen molar-refractivity contribution in [1.82, 2.24) is 9.82 Å². The fourth-order valence-corrected chi connectivity index (χ4v) is 3.09. The molecular formula is C16H17ClN4O5S. The molecule has 144 valence electrons. The van der Waals surface area contributed by atoms with Crippen LogP contribution in [0.5, 0.6) is 5.75 Å². The van der Waals surface area contributed by atoms with Gasteiger partial charge in [0.2, 0.25) is 0 Å². The molecule has 0 spiro atoms. The highest BCUT2D eigenvalue weighted by Crippen LogP contribution is 2.27. The van der Waals surface area contributed by atoms with E-state index in [9.17, 15) is 19.7 Å². The molecule has 0 unspecified atom stereocenters. The summed E-state index contributed by atoms with van der Waals surface area (Å²) in [4.78, 5) is 41.2. The van der Waals surface area contributed by atoms with Crippen molar-refractivity contribution in [3.8, 4) is 5.75 Å². The molecule has 2 aromatic rings. The normalized spacial score (nSPS) is 12.3. The number of nitrogens with one attached hydrogen (secondary N) is 2. The number of benzene rings is 1. The predicted octanol–water partition coefficient (Wildman–Crippen LogP) is 3.37. The molecule has 1 atom stereocenters. The predicted molar refractivity (Wildman–Crippen MR) is 101 cm³/mol. The fourth-order valence-electron chi connectivity index (χ4n) is 2.04. The lowest BCUT2D eigenvalue weighted by Crippen LogP contribution is -2.44. The third-order valence-electron chi connectivity index (χ3n) is 3.45. The number of esters is 1. The summed E-state index contributed by atoms with van der Waals surface area (Å²) in [6.45, 7) is 5.42. The third kappa shape index (κ3) is 5.22. The average Bonchev–Trinajstić information content (AvgIpc) is 3.03. The Labute approximate surface area is 164 Å². The molecule has 11 heteroatoms. The van der Waals surface area contributed by atoms with Gasteiger partial charge in [-0.15, -0.1) is 0 Å². The molecule has 1 heterocycles. The minimum Gasteiger partial charge on any atom is -0.424 e. The fraction of sp³-hybridized carbons (Fsp3) is 0.312. The highest BCUT2D eigenvalue weighted by atomic mass is 35.5. The number of nitrogens with zero attached hydrogens (tertiary/aromatic N) is 2. The number of amides is 1. The first kappa shape index (κ1) is 20.7. The number of aromatic nitrogens is 1. The van der Waals surface area contributed by atoms with Gasteiger partial charge in [0.05, 0.1) is 10.5 Å². The van der Waals surface area contributed by atoms with Crippen molar-refractivity contribution in [2.24, 2.45) is 5.41 Å². The molecule has 2 rings (SSSR count). The summed E-state index contributed by atoms with van der Waals surface area (Å²) < 4.78 is 5.36. The number of hydrogen-bond donors (Lipinski definition) is 2. The topological polar surface area (TPSA) is 123 Å². The molecule has 1 aromatic heterocycles. The molecule has 0 fully saturated rings. The van der Waals surface area contributed by atoms with Crippen LogP contribution in [0.15, 0.2) is 30.5 Å². The van der Waals surface area contributed by atoms with E-state index in [1.165, 1.54) is 12.1 Å². The van der Waals surface area contributed by atoms with Gasteiger partial charge >= 0.3 is 11.0 Å². The number of para-hydroxylation sites is 1. The van der Waals surface area contributed by atoms with Gasteiger partial charge < -0.3 is 4.74 Å². The minimum absolute atomic E-state index is 0.0345. The van der Waals surface area contributed by atoms with Gasteiger partial charge in [0, 0.05) is 0 Å². The third-order valence-corrected chi connectivity index (χ3v) is 4.53. The summed E-state index contributed by atoms with van der Waals surface area (Å²) in [6.07, 6.45) is 1.05. The maximum atomic E-state index is 12.5. The molecule has 0 aliphatic rings. The number of nitro groups is 1.